The maximum absolute atomic E-state index is 13.4. The Morgan fingerprint density at radius 1 is 0.920 bits per heavy atom. The summed E-state index contributed by atoms with van der Waals surface area (Å²) < 4.78 is 85.7. The topological polar surface area (TPSA) is 50.4 Å². The van der Waals surface area contributed by atoms with Gasteiger partial charge in [-0.25, -0.2) is 0 Å². The number of nitrogens with one attached hydrogen (secondary N) is 2. The molecule has 0 spiro atoms. The van der Waals surface area contributed by atoms with Gasteiger partial charge in [0.25, 0.3) is 5.66 Å². The van der Waals surface area contributed by atoms with Crippen LogP contribution in [0.15, 0.2) is 0 Å². The second-order valence-corrected chi connectivity index (χ2v) is 6.59. The smallest absolute Gasteiger partial charge is 0.377 e. The van der Waals surface area contributed by atoms with Crippen molar-refractivity contribution in [3.63, 3.8) is 0 Å². The molecule has 1 atom stereocenters. The van der Waals surface area contributed by atoms with Crippen molar-refractivity contribution in [3.05, 3.63) is 0 Å². The highest BCUT2D eigenvalue weighted by atomic mass is 19.4. The van der Waals surface area contributed by atoms with Crippen LogP contribution in [0.4, 0.5) is 26.3 Å². The lowest BCUT2D eigenvalue weighted by molar-refractivity contribution is -0.316. The number of alkyl halides is 6. The molecule has 2 fully saturated rings. The van der Waals surface area contributed by atoms with Crippen molar-refractivity contribution in [2.75, 3.05) is 13.2 Å². The van der Waals surface area contributed by atoms with E-state index in [4.69, 9.17) is 4.74 Å². The van der Waals surface area contributed by atoms with E-state index in [2.05, 4.69) is 0 Å². The first kappa shape index (κ1) is 20.3. The Hall–Kier alpha value is -1.03. The molecule has 2 N–H and O–H groups in total. The van der Waals surface area contributed by atoms with Crippen molar-refractivity contribution in [3.8, 4) is 0 Å². The molecule has 25 heavy (non-hydrogen) atoms. The molecular formula is C15H22F6N2O2. The molecule has 0 aromatic carbocycles. The maximum atomic E-state index is 13.4. The second-order valence-electron chi connectivity index (χ2n) is 6.59. The summed E-state index contributed by atoms with van der Waals surface area (Å²) in [6.07, 6.45) is -8.63. The molecule has 1 saturated carbocycles. The maximum Gasteiger partial charge on any atom is 0.434 e. The Morgan fingerprint density at radius 3 is 2.00 bits per heavy atom. The molecule has 0 radical (unpaired) electrons. The summed E-state index contributed by atoms with van der Waals surface area (Å²) in [6, 6.07) is 0. The summed E-state index contributed by atoms with van der Waals surface area (Å²) in [6.45, 7) is -0.351. The third kappa shape index (κ3) is 4.58. The third-order valence-electron chi connectivity index (χ3n) is 4.76. The van der Waals surface area contributed by atoms with Gasteiger partial charge in [0.1, 0.15) is 0 Å². The summed E-state index contributed by atoms with van der Waals surface area (Å²) in [4.78, 5) is 12.1. The lowest BCUT2D eigenvalue weighted by Gasteiger charge is -2.40. The zero-order valence-electron chi connectivity index (χ0n) is 13.6. The van der Waals surface area contributed by atoms with E-state index in [9.17, 15) is 31.1 Å². The molecule has 0 bridgehead atoms. The normalized spacial score (nSPS) is 23.7. The van der Waals surface area contributed by atoms with E-state index in [1.165, 1.54) is 10.6 Å². The Kier molecular flexibility index (Phi) is 6.24. The quantitative estimate of drug-likeness (QED) is 0.572. The molecule has 0 aromatic rings. The summed E-state index contributed by atoms with van der Waals surface area (Å²) in [7, 11) is 0. The molecule has 1 aliphatic heterocycles. The number of rotatable bonds is 5. The van der Waals surface area contributed by atoms with Gasteiger partial charge in [0.2, 0.25) is 5.91 Å². The van der Waals surface area contributed by atoms with Gasteiger partial charge in [-0.3, -0.25) is 10.1 Å². The zero-order chi connectivity index (χ0) is 18.7. The van der Waals surface area contributed by atoms with Crippen LogP contribution in [0.1, 0.15) is 44.9 Å². The Balaban J connectivity index is 2.20. The van der Waals surface area contributed by atoms with E-state index in [1.54, 1.807) is 0 Å². The van der Waals surface area contributed by atoms with Crippen LogP contribution < -0.4 is 10.6 Å². The first-order valence-electron chi connectivity index (χ1n) is 8.39. The van der Waals surface area contributed by atoms with Crippen LogP contribution in [0.5, 0.6) is 0 Å². The van der Waals surface area contributed by atoms with E-state index in [0.717, 1.165) is 6.42 Å². The van der Waals surface area contributed by atoms with Crippen LogP contribution in [0.2, 0.25) is 0 Å². The standard InChI is InChI=1S/C15H22F6N2O2/c16-14(17,18)13(15(19,20)21,22-9-11-7-4-8-25-11)23-12(24)10-5-2-1-3-6-10/h10-11,22H,1-9H2,(H,23,24)/t11-/m0/s1. The Labute approximate surface area is 141 Å². The zero-order valence-corrected chi connectivity index (χ0v) is 13.6. The molecule has 4 nitrogen and oxygen atoms in total. The van der Waals surface area contributed by atoms with Gasteiger partial charge in [0.05, 0.1) is 6.10 Å². The fraction of sp³-hybridized carbons (Fsp3) is 0.933. The highest BCUT2D eigenvalue weighted by Crippen LogP contribution is 2.42. The predicted molar refractivity (Wildman–Crippen MR) is 76.5 cm³/mol. The van der Waals surface area contributed by atoms with Gasteiger partial charge < -0.3 is 10.1 Å². The number of carbonyl (C=O) groups is 1. The molecule has 1 amide bonds. The molecule has 1 heterocycles. The molecule has 146 valence electrons. The van der Waals surface area contributed by atoms with Crippen molar-refractivity contribution in [2.45, 2.75) is 69.1 Å². The summed E-state index contributed by atoms with van der Waals surface area (Å²) in [5, 5.41) is 2.77. The highest BCUT2D eigenvalue weighted by Gasteiger charge is 2.72. The minimum Gasteiger partial charge on any atom is -0.377 e. The summed E-state index contributed by atoms with van der Waals surface area (Å²) >= 11 is 0. The average Bonchev–Trinajstić information content (AvgIpc) is 3.03. The van der Waals surface area contributed by atoms with E-state index in [-0.39, 0.29) is 0 Å². The van der Waals surface area contributed by atoms with Crippen LogP contribution in [0, 0.1) is 5.92 Å². The Bertz CT molecular complexity index is 440. The number of hydrogen-bond donors (Lipinski definition) is 2. The minimum absolute atomic E-state index is 0.295. The number of amides is 1. The SMILES string of the molecule is O=C(NC(NC[C@@H]1CCCO1)(C(F)(F)F)C(F)(F)F)C1CCCCC1. The highest BCUT2D eigenvalue weighted by molar-refractivity contribution is 5.79. The largest absolute Gasteiger partial charge is 0.434 e. The molecule has 0 aromatic heterocycles. The molecule has 1 saturated heterocycles. The average molecular weight is 376 g/mol. The first-order valence-corrected chi connectivity index (χ1v) is 8.39. The number of halogens is 6. The monoisotopic (exact) mass is 376 g/mol. The number of hydrogen-bond acceptors (Lipinski definition) is 3. The summed E-state index contributed by atoms with van der Waals surface area (Å²) in [5.41, 5.74) is -4.47. The van der Waals surface area contributed by atoms with Crippen molar-refractivity contribution >= 4 is 5.91 Å². The van der Waals surface area contributed by atoms with Gasteiger partial charge in [0.15, 0.2) is 0 Å². The molecule has 2 aliphatic rings. The lowest BCUT2D eigenvalue weighted by Crippen LogP contribution is -2.76. The van der Waals surface area contributed by atoms with Crippen molar-refractivity contribution in [1.29, 1.82) is 0 Å². The van der Waals surface area contributed by atoms with Crippen LogP contribution in [-0.4, -0.2) is 43.2 Å². The molecule has 10 heteroatoms. The first-order chi connectivity index (χ1) is 11.6. The predicted octanol–water partition coefficient (Wildman–Crippen LogP) is 3.27. The molecular weight excluding hydrogens is 354 g/mol. The molecule has 1 aliphatic carbocycles. The van der Waals surface area contributed by atoms with Crippen LogP contribution in [0.25, 0.3) is 0 Å². The van der Waals surface area contributed by atoms with Gasteiger partial charge in [-0.15, -0.1) is 0 Å². The second kappa shape index (κ2) is 7.69. The van der Waals surface area contributed by atoms with E-state index >= 15 is 0 Å². The van der Waals surface area contributed by atoms with E-state index in [0.29, 0.717) is 45.1 Å². The number of carbonyl (C=O) groups excluding carboxylic acids is 1. The minimum atomic E-state index is -5.74. The number of ether oxygens (including phenoxy) is 1. The van der Waals surface area contributed by atoms with Crippen molar-refractivity contribution in [1.82, 2.24) is 10.6 Å². The Morgan fingerprint density at radius 2 is 1.52 bits per heavy atom. The van der Waals surface area contributed by atoms with E-state index < -0.39 is 42.5 Å². The summed E-state index contributed by atoms with van der Waals surface area (Å²) in [5.74, 6) is -2.04. The van der Waals surface area contributed by atoms with Crippen LogP contribution >= 0.6 is 0 Å². The molecule has 0 unspecified atom stereocenters. The third-order valence-corrected chi connectivity index (χ3v) is 4.76. The van der Waals surface area contributed by atoms with Crippen LogP contribution in [0.3, 0.4) is 0 Å². The van der Waals surface area contributed by atoms with Gasteiger partial charge >= 0.3 is 12.4 Å². The lowest BCUT2D eigenvalue weighted by atomic mass is 9.88. The fourth-order valence-corrected chi connectivity index (χ4v) is 3.27. The fourth-order valence-electron chi connectivity index (χ4n) is 3.27. The van der Waals surface area contributed by atoms with Gasteiger partial charge in [-0.1, -0.05) is 19.3 Å². The van der Waals surface area contributed by atoms with Crippen molar-refractivity contribution < 1.29 is 35.9 Å². The van der Waals surface area contributed by atoms with Gasteiger partial charge in [-0.05, 0) is 25.7 Å². The molecule has 2 rings (SSSR count). The van der Waals surface area contributed by atoms with Gasteiger partial charge in [0, 0.05) is 19.1 Å². The van der Waals surface area contributed by atoms with Crippen molar-refractivity contribution in [2.24, 2.45) is 5.92 Å². The van der Waals surface area contributed by atoms with E-state index in [1.807, 2.05) is 0 Å². The van der Waals surface area contributed by atoms with Crippen LogP contribution in [-0.2, 0) is 9.53 Å². The van der Waals surface area contributed by atoms with Gasteiger partial charge in [-0.2, -0.15) is 26.3 Å².